The third kappa shape index (κ3) is 2.14. The summed E-state index contributed by atoms with van der Waals surface area (Å²) in [6.07, 6.45) is 4.07. The van der Waals surface area contributed by atoms with E-state index in [-0.39, 0.29) is 0 Å². The highest BCUT2D eigenvalue weighted by Gasteiger charge is 2.17. The number of carbonyl (C=O) groups is 1. The Balaban J connectivity index is 2.67. The fraction of sp³-hybridized carbons (Fsp3) is 0.444. The van der Waals surface area contributed by atoms with Gasteiger partial charge in [-0.15, -0.1) is 11.8 Å². The molecule has 0 amide bonds. The molecule has 1 aliphatic rings. The number of carboxylic acids is 1. The highest BCUT2D eigenvalue weighted by Crippen LogP contribution is 2.28. The van der Waals surface area contributed by atoms with Gasteiger partial charge in [-0.05, 0) is 17.4 Å². The molecule has 0 saturated carbocycles. The molecule has 0 aromatic carbocycles. The lowest BCUT2D eigenvalue weighted by molar-refractivity contribution is -0.132. The van der Waals surface area contributed by atoms with Crippen molar-refractivity contribution in [2.75, 3.05) is 5.75 Å². The van der Waals surface area contributed by atoms with Crippen molar-refractivity contribution < 1.29 is 9.90 Å². The van der Waals surface area contributed by atoms with Crippen LogP contribution in [-0.2, 0) is 4.79 Å². The number of hydrogen-bond donors (Lipinski definition) is 1. The largest absolute Gasteiger partial charge is 0.478 e. The fourth-order valence-electron chi connectivity index (χ4n) is 1.04. The van der Waals surface area contributed by atoms with Gasteiger partial charge in [-0.2, -0.15) is 0 Å². The Labute approximate surface area is 76.4 Å². The summed E-state index contributed by atoms with van der Waals surface area (Å²) in [5.41, 5.74) is 1.46. The Morgan fingerprint density at radius 2 is 2.58 bits per heavy atom. The number of hydrogen-bond acceptors (Lipinski definition) is 2. The van der Waals surface area contributed by atoms with Gasteiger partial charge in [0.2, 0.25) is 0 Å². The Hall–Kier alpha value is -0.700. The number of unbranched alkanes of at least 4 members (excludes halogenated alkanes) is 1. The summed E-state index contributed by atoms with van der Waals surface area (Å²) in [7, 11) is 0. The van der Waals surface area contributed by atoms with Crippen molar-refractivity contribution in [3.05, 3.63) is 22.6 Å². The maximum absolute atomic E-state index is 10.7. The third-order valence-corrected chi connectivity index (χ3v) is 2.58. The van der Waals surface area contributed by atoms with Crippen LogP contribution in [0.2, 0.25) is 0 Å². The van der Waals surface area contributed by atoms with Crippen LogP contribution in [0, 0.1) is 0 Å². The van der Waals surface area contributed by atoms with Gasteiger partial charge in [0.15, 0.2) is 0 Å². The predicted octanol–water partition coefficient (Wildman–Crippen LogP) is 2.43. The van der Waals surface area contributed by atoms with Gasteiger partial charge in [0, 0.05) is 5.75 Å². The Bertz CT molecular complexity index is 241. The number of aliphatic carboxylic acids is 1. The van der Waals surface area contributed by atoms with Crippen LogP contribution in [0.1, 0.15) is 19.8 Å². The molecule has 2 nitrogen and oxygen atoms in total. The van der Waals surface area contributed by atoms with Crippen molar-refractivity contribution in [3.63, 3.8) is 0 Å². The summed E-state index contributed by atoms with van der Waals surface area (Å²) >= 11 is 1.56. The maximum Gasteiger partial charge on any atom is 0.336 e. The molecule has 3 heteroatoms. The van der Waals surface area contributed by atoms with Crippen LogP contribution in [0.3, 0.4) is 0 Å². The molecular formula is C9H12O2S. The van der Waals surface area contributed by atoms with Crippen molar-refractivity contribution in [1.29, 1.82) is 0 Å². The van der Waals surface area contributed by atoms with Gasteiger partial charge in [0.1, 0.15) is 0 Å². The van der Waals surface area contributed by atoms with Crippen molar-refractivity contribution in [3.8, 4) is 0 Å². The van der Waals surface area contributed by atoms with Crippen molar-refractivity contribution in [1.82, 2.24) is 0 Å². The normalized spacial score (nSPS) is 19.8. The van der Waals surface area contributed by atoms with E-state index >= 15 is 0 Å². The van der Waals surface area contributed by atoms with Crippen LogP contribution in [-0.4, -0.2) is 16.8 Å². The van der Waals surface area contributed by atoms with Gasteiger partial charge in [0.25, 0.3) is 0 Å². The molecule has 0 unspecified atom stereocenters. The van der Waals surface area contributed by atoms with E-state index in [0.717, 1.165) is 24.2 Å². The number of carboxylic acid groups (broad SMARTS) is 1. The minimum atomic E-state index is -0.803. The Kier molecular flexibility index (Phi) is 3.41. The Morgan fingerprint density at radius 1 is 1.83 bits per heavy atom. The zero-order valence-electron chi connectivity index (χ0n) is 7.04. The van der Waals surface area contributed by atoms with Crippen LogP contribution in [0.25, 0.3) is 0 Å². The smallest absolute Gasteiger partial charge is 0.336 e. The maximum atomic E-state index is 10.7. The van der Waals surface area contributed by atoms with Gasteiger partial charge >= 0.3 is 5.97 Å². The van der Waals surface area contributed by atoms with E-state index in [1.807, 2.05) is 6.08 Å². The summed E-state index contributed by atoms with van der Waals surface area (Å²) in [5, 5.41) is 10.5. The van der Waals surface area contributed by atoms with Gasteiger partial charge in [0.05, 0.1) is 5.57 Å². The van der Waals surface area contributed by atoms with Crippen molar-refractivity contribution in [2.45, 2.75) is 19.8 Å². The number of rotatable bonds is 3. The van der Waals surface area contributed by atoms with Crippen LogP contribution in [0.15, 0.2) is 22.6 Å². The topological polar surface area (TPSA) is 37.3 Å². The Morgan fingerprint density at radius 3 is 3.17 bits per heavy atom. The lowest BCUT2D eigenvalue weighted by Crippen LogP contribution is -2.01. The predicted molar refractivity (Wildman–Crippen MR) is 51.2 cm³/mol. The molecule has 0 radical (unpaired) electrons. The molecule has 1 N–H and O–H groups in total. The monoisotopic (exact) mass is 184 g/mol. The van der Waals surface area contributed by atoms with E-state index in [1.165, 1.54) is 0 Å². The van der Waals surface area contributed by atoms with Gasteiger partial charge < -0.3 is 5.11 Å². The van der Waals surface area contributed by atoms with Crippen LogP contribution in [0.4, 0.5) is 0 Å². The highest BCUT2D eigenvalue weighted by molar-refractivity contribution is 8.02. The molecule has 0 bridgehead atoms. The molecule has 1 heterocycles. The minimum Gasteiger partial charge on any atom is -0.478 e. The first-order chi connectivity index (χ1) is 5.75. The van der Waals surface area contributed by atoms with Crippen LogP contribution < -0.4 is 0 Å². The van der Waals surface area contributed by atoms with Crippen molar-refractivity contribution in [2.24, 2.45) is 0 Å². The summed E-state index contributed by atoms with van der Waals surface area (Å²) in [5.74, 6) is 0.0177. The summed E-state index contributed by atoms with van der Waals surface area (Å²) < 4.78 is 0. The summed E-state index contributed by atoms with van der Waals surface area (Å²) in [6, 6.07) is 0. The molecule has 0 spiro atoms. The molecule has 12 heavy (non-hydrogen) atoms. The second kappa shape index (κ2) is 4.36. The first-order valence-electron chi connectivity index (χ1n) is 4.00. The third-order valence-electron chi connectivity index (χ3n) is 1.70. The van der Waals surface area contributed by atoms with Gasteiger partial charge in [-0.1, -0.05) is 19.4 Å². The van der Waals surface area contributed by atoms with Crippen LogP contribution >= 0.6 is 11.8 Å². The molecule has 0 aromatic heterocycles. The van der Waals surface area contributed by atoms with E-state index in [1.54, 1.807) is 17.2 Å². The van der Waals surface area contributed by atoms with E-state index in [4.69, 9.17) is 5.11 Å². The summed E-state index contributed by atoms with van der Waals surface area (Å²) in [4.78, 5) is 10.7. The molecular weight excluding hydrogens is 172 g/mol. The number of allylic oxidation sites excluding steroid dienone is 1. The first kappa shape index (κ1) is 9.39. The highest BCUT2D eigenvalue weighted by atomic mass is 32.2. The zero-order chi connectivity index (χ0) is 8.97. The minimum absolute atomic E-state index is 0.480. The average molecular weight is 184 g/mol. The molecule has 0 saturated heterocycles. The average Bonchev–Trinajstić information content (AvgIpc) is 2.48. The number of thioether (sulfide) groups is 1. The van der Waals surface area contributed by atoms with Gasteiger partial charge in [-0.3, -0.25) is 0 Å². The lowest BCUT2D eigenvalue weighted by Gasteiger charge is -1.97. The van der Waals surface area contributed by atoms with E-state index in [9.17, 15) is 4.79 Å². The molecule has 0 atom stereocenters. The van der Waals surface area contributed by atoms with Crippen molar-refractivity contribution >= 4 is 17.7 Å². The summed E-state index contributed by atoms with van der Waals surface area (Å²) in [6.45, 7) is 2.09. The molecule has 66 valence electrons. The SMILES string of the molecule is CCCC=C1CSC=C1C(=O)O. The zero-order valence-corrected chi connectivity index (χ0v) is 7.86. The lowest BCUT2D eigenvalue weighted by atomic mass is 10.1. The fourth-order valence-corrected chi connectivity index (χ4v) is 2.00. The standard InChI is InChI=1S/C9H12O2S/c1-2-3-4-7-5-12-6-8(7)9(10)11/h4,6H,2-3,5H2,1H3,(H,10,11). The molecule has 1 aliphatic heterocycles. The second-order valence-corrected chi connectivity index (χ2v) is 3.52. The van der Waals surface area contributed by atoms with E-state index in [2.05, 4.69) is 6.92 Å². The van der Waals surface area contributed by atoms with Gasteiger partial charge in [-0.25, -0.2) is 4.79 Å². The van der Waals surface area contributed by atoms with E-state index < -0.39 is 5.97 Å². The van der Waals surface area contributed by atoms with Crippen LogP contribution in [0.5, 0.6) is 0 Å². The molecule has 1 rings (SSSR count). The quantitative estimate of drug-likeness (QED) is 0.732. The first-order valence-corrected chi connectivity index (χ1v) is 5.05. The molecule has 0 aromatic rings. The molecule has 0 fully saturated rings. The van der Waals surface area contributed by atoms with E-state index in [0.29, 0.717) is 5.57 Å². The molecule has 0 aliphatic carbocycles. The second-order valence-electron chi connectivity index (χ2n) is 2.67.